The van der Waals surface area contributed by atoms with Crippen LogP contribution in [0, 0.1) is 0 Å². The number of carbonyl (C=O) groups excluding carboxylic acids is 1. The van der Waals surface area contributed by atoms with Crippen molar-refractivity contribution in [1.82, 2.24) is 5.32 Å². The SMILES string of the molecule is COc1cc(CNC(=O)[C@]2(Cc3ccccc3)N=C(c3ccc(OCCCO)cc3)O[C@@H]2c2ccc(-c3ccccc3)cc2)cc(OC)c1OC. The number of nitrogens with one attached hydrogen (secondary N) is 1. The summed E-state index contributed by atoms with van der Waals surface area (Å²) in [4.78, 5) is 20.0. The number of hydrogen-bond acceptors (Lipinski definition) is 8. The van der Waals surface area contributed by atoms with Gasteiger partial charge < -0.3 is 34.1 Å². The number of aliphatic hydroxyl groups is 1. The number of benzene rings is 5. The van der Waals surface area contributed by atoms with Gasteiger partial charge in [0.2, 0.25) is 11.6 Å². The van der Waals surface area contributed by atoms with Crippen molar-refractivity contribution in [2.45, 2.75) is 31.0 Å². The molecule has 1 aliphatic heterocycles. The van der Waals surface area contributed by atoms with E-state index in [1.54, 1.807) is 21.3 Å². The van der Waals surface area contributed by atoms with Gasteiger partial charge in [-0.2, -0.15) is 0 Å². The maximum Gasteiger partial charge on any atom is 0.252 e. The first-order valence-electron chi connectivity index (χ1n) is 16.8. The second-order valence-corrected chi connectivity index (χ2v) is 12.2. The van der Waals surface area contributed by atoms with Crippen molar-refractivity contribution in [2.75, 3.05) is 34.5 Å². The summed E-state index contributed by atoms with van der Waals surface area (Å²) in [5.41, 5.74) is 3.99. The van der Waals surface area contributed by atoms with E-state index in [0.29, 0.717) is 47.5 Å². The fourth-order valence-electron chi connectivity index (χ4n) is 6.24. The van der Waals surface area contributed by atoms with E-state index in [0.717, 1.165) is 27.8 Å². The molecule has 0 aromatic heterocycles. The summed E-state index contributed by atoms with van der Waals surface area (Å²) < 4.78 is 29.1. The van der Waals surface area contributed by atoms with E-state index in [1.807, 2.05) is 109 Å². The van der Waals surface area contributed by atoms with E-state index >= 15 is 0 Å². The van der Waals surface area contributed by atoms with Gasteiger partial charge in [0.1, 0.15) is 5.75 Å². The standard InChI is InChI=1S/C42H42N2O7/c1-47-36-25-30(26-37(48-2)38(36)49-3)28-43-41(46)42(27-29-11-6-4-7-12-29)39(33-17-15-32(16-18-33)31-13-8-5-9-14-31)51-40(44-42)34-19-21-35(22-20-34)50-24-10-23-45/h4-9,11-22,25-26,39,45H,10,23-24,27-28H2,1-3H3,(H,43,46)/t39-,42-/m1/s1. The van der Waals surface area contributed by atoms with Crippen molar-refractivity contribution in [1.29, 1.82) is 0 Å². The fourth-order valence-corrected chi connectivity index (χ4v) is 6.24. The molecule has 0 radical (unpaired) electrons. The third kappa shape index (κ3) is 7.84. The molecule has 6 rings (SSSR count). The number of amides is 1. The predicted octanol–water partition coefficient (Wildman–Crippen LogP) is 6.96. The topological polar surface area (TPSA) is 108 Å². The number of rotatable bonds is 15. The molecule has 9 nitrogen and oxygen atoms in total. The summed E-state index contributed by atoms with van der Waals surface area (Å²) >= 11 is 0. The second kappa shape index (κ2) is 16.3. The summed E-state index contributed by atoms with van der Waals surface area (Å²) in [5, 5.41) is 12.3. The van der Waals surface area contributed by atoms with E-state index in [4.69, 9.17) is 33.8 Å². The molecule has 1 amide bonds. The third-order valence-corrected chi connectivity index (χ3v) is 8.84. The first kappa shape index (κ1) is 35.0. The van der Waals surface area contributed by atoms with Crippen LogP contribution < -0.4 is 24.3 Å². The Labute approximate surface area is 298 Å². The summed E-state index contributed by atoms with van der Waals surface area (Å²) in [5.74, 6) is 2.18. The summed E-state index contributed by atoms with van der Waals surface area (Å²) in [6.45, 7) is 0.638. The van der Waals surface area contributed by atoms with Crippen molar-refractivity contribution >= 4 is 11.8 Å². The first-order chi connectivity index (χ1) is 25.0. The molecule has 51 heavy (non-hydrogen) atoms. The van der Waals surface area contributed by atoms with Gasteiger partial charge in [0.15, 0.2) is 23.1 Å². The zero-order valence-electron chi connectivity index (χ0n) is 29.0. The van der Waals surface area contributed by atoms with Crippen LogP contribution in [-0.4, -0.2) is 57.0 Å². The number of nitrogens with zero attached hydrogens (tertiary/aromatic N) is 1. The Morgan fingerprint density at radius 1 is 0.765 bits per heavy atom. The number of ether oxygens (including phenoxy) is 5. The van der Waals surface area contributed by atoms with Crippen molar-refractivity contribution in [3.05, 3.63) is 144 Å². The van der Waals surface area contributed by atoms with Crippen LogP contribution in [0.15, 0.2) is 126 Å². The number of aliphatic hydroxyl groups excluding tert-OH is 1. The molecule has 5 aromatic rings. The van der Waals surface area contributed by atoms with Gasteiger partial charge in [0.05, 0.1) is 27.9 Å². The van der Waals surface area contributed by atoms with E-state index in [1.165, 1.54) is 0 Å². The molecule has 262 valence electrons. The molecule has 9 heteroatoms. The van der Waals surface area contributed by atoms with Crippen LogP contribution in [-0.2, 0) is 22.5 Å². The smallest absolute Gasteiger partial charge is 0.252 e. The Morgan fingerprint density at radius 2 is 1.37 bits per heavy atom. The highest BCUT2D eigenvalue weighted by atomic mass is 16.5. The van der Waals surface area contributed by atoms with Gasteiger partial charge >= 0.3 is 0 Å². The normalized spacial score (nSPS) is 16.5. The molecule has 0 bridgehead atoms. The van der Waals surface area contributed by atoms with Crippen LogP contribution in [0.1, 0.15) is 34.8 Å². The number of hydrogen-bond donors (Lipinski definition) is 2. The lowest BCUT2D eigenvalue weighted by atomic mass is 9.81. The average molecular weight is 687 g/mol. The Morgan fingerprint density at radius 3 is 1.98 bits per heavy atom. The molecule has 0 fully saturated rings. The Bertz CT molecular complexity index is 1910. The van der Waals surface area contributed by atoms with Gasteiger partial charge in [-0.3, -0.25) is 4.79 Å². The lowest BCUT2D eigenvalue weighted by Gasteiger charge is -2.31. The molecule has 0 unspecified atom stereocenters. The molecular weight excluding hydrogens is 644 g/mol. The van der Waals surface area contributed by atoms with Gasteiger partial charge in [-0.05, 0) is 64.2 Å². The molecule has 0 saturated heterocycles. The largest absolute Gasteiger partial charge is 0.494 e. The monoisotopic (exact) mass is 686 g/mol. The quantitative estimate of drug-likeness (QED) is 0.115. The molecule has 1 heterocycles. The highest BCUT2D eigenvalue weighted by molar-refractivity contribution is 6.01. The Kier molecular flexibility index (Phi) is 11.2. The van der Waals surface area contributed by atoms with Crippen molar-refractivity contribution in [2.24, 2.45) is 4.99 Å². The lowest BCUT2D eigenvalue weighted by molar-refractivity contribution is -0.129. The minimum absolute atomic E-state index is 0.0571. The minimum atomic E-state index is -1.37. The number of methoxy groups -OCH3 is 3. The van der Waals surface area contributed by atoms with Crippen LogP contribution >= 0.6 is 0 Å². The fraction of sp³-hybridized carbons (Fsp3) is 0.238. The van der Waals surface area contributed by atoms with Gasteiger partial charge in [0.25, 0.3) is 5.91 Å². The average Bonchev–Trinajstić information content (AvgIpc) is 3.57. The second-order valence-electron chi connectivity index (χ2n) is 12.2. The molecule has 5 aromatic carbocycles. The number of aliphatic imine (C=N–C) groups is 1. The maximum absolute atomic E-state index is 14.8. The van der Waals surface area contributed by atoms with Crippen molar-refractivity contribution < 1.29 is 33.6 Å². The van der Waals surface area contributed by atoms with Gasteiger partial charge in [-0.1, -0.05) is 84.9 Å². The zero-order valence-corrected chi connectivity index (χ0v) is 29.0. The van der Waals surface area contributed by atoms with Gasteiger partial charge in [0, 0.05) is 31.6 Å². The van der Waals surface area contributed by atoms with Crippen LogP contribution in [0.4, 0.5) is 0 Å². The minimum Gasteiger partial charge on any atom is -0.494 e. The third-order valence-electron chi connectivity index (χ3n) is 8.84. The van der Waals surface area contributed by atoms with E-state index in [2.05, 4.69) is 17.4 Å². The van der Waals surface area contributed by atoms with Crippen molar-refractivity contribution in [3.8, 4) is 34.1 Å². The Hall–Kier alpha value is -5.80. The van der Waals surface area contributed by atoms with Crippen molar-refractivity contribution in [3.63, 3.8) is 0 Å². The zero-order chi connectivity index (χ0) is 35.6. The van der Waals surface area contributed by atoms with Gasteiger partial charge in [-0.25, -0.2) is 4.99 Å². The molecule has 2 N–H and O–H groups in total. The maximum atomic E-state index is 14.8. The first-order valence-corrected chi connectivity index (χ1v) is 16.8. The van der Waals surface area contributed by atoms with Crippen LogP contribution in [0.5, 0.6) is 23.0 Å². The number of carbonyl (C=O) groups is 1. The summed E-state index contributed by atoms with van der Waals surface area (Å²) in [7, 11) is 4.67. The summed E-state index contributed by atoms with van der Waals surface area (Å²) in [6, 6.07) is 39.1. The van der Waals surface area contributed by atoms with E-state index in [9.17, 15) is 4.79 Å². The van der Waals surface area contributed by atoms with Crippen LogP contribution in [0.2, 0.25) is 0 Å². The van der Waals surface area contributed by atoms with Gasteiger partial charge in [-0.15, -0.1) is 0 Å². The van der Waals surface area contributed by atoms with Crippen LogP contribution in [0.3, 0.4) is 0 Å². The molecule has 2 atom stereocenters. The molecule has 0 spiro atoms. The highest BCUT2D eigenvalue weighted by Gasteiger charge is 2.53. The van der Waals surface area contributed by atoms with E-state index < -0.39 is 11.6 Å². The van der Waals surface area contributed by atoms with Crippen LogP contribution in [0.25, 0.3) is 11.1 Å². The predicted molar refractivity (Wildman–Crippen MR) is 197 cm³/mol. The molecule has 1 aliphatic rings. The Balaban J connectivity index is 1.40. The van der Waals surface area contributed by atoms with E-state index in [-0.39, 0.29) is 25.5 Å². The summed E-state index contributed by atoms with van der Waals surface area (Å²) in [6.07, 6.45) is 0.0689. The molecule has 0 aliphatic carbocycles. The molecular formula is C42H42N2O7. The lowest BCUT2D eigenvalue weighted by Crippen LogP contribution is -2.49. The highest BCUT2D eigenvalue weighted by Crippen LogP contribution is 2.43. The molecule has 0 saturated carbocycles.